The molecule has 21 heavy (non-hydrogen) atoms. The number of unbranched alkanes of at least 4 members (excludes halogenated alkanes) is 2. The van der Waals surface area contributed by atoms with Crippen LogP contribution in [0.4, 0.5) is 4.79 Å². The molecule has 1 fully saturated rings. The van der Waals surface area contributed by atoms with Crippen molar-refractivity contribution in [2.24, 2.45) is 0 Å². The van der Waals surface area contributed by atoms with Crippen LogP contribution in [0.5, 0.6) is 5.75 Å². The van der Waals surface area contributed by atoms with Crippen molar-refractivity contribution in [1.82, 2.24) is 9.80 Å². The molecule has 0 aromatic heterocycles. The van der Waals surface area contributed by atoms with Crippen LogP contribution in [-0.2, 0) is 0 Å². The van der Waals surface area contributed by atoms with Gasteiger partial charge in [-0.3, -0.25) is 0 Å². The lowest BCUT2D eigenvalue weighted by Crippen LogP contribution is -2.37. The van der Waals surface area contributed by atoms with Gasteiger partial charge in [0.05, 0.1) is 0 Å². The van der Waals surface area contributed by atoms with Crippen LogP contribution in [0.25, 0.3) is 0 Å². The molecule has 1 saturated heterocycles. The summed E-state index contributed by atoms with van der Waals surface area (Å²) in [6.07, 6.45) is 4.59. The van der Waals surface area contributed by atoms with Crippen LogP contribution >= 0.6 is 0 Å². The third kappa shape index (κ3) is 5.38. The number of rotatable bonds is 5. The first-order valence-electron chi connectivity index (χ1n) is 8.03. The van der Waals surface area contributed by atoms with Crippen LogP contribution in [0.1, 0.15) is 32.6 Å². The zero-order valence-electron chi connectivity index (χ0n) is 13.0. The Bertz CT molecular complexity index is 422. The summed E-state index contributed by atoms with van der Waals surface area (Å²) >= 11 is 0. The summed E-state index contributed by atoms with van der Waals surface area (Å²) in [5.41, 5.74) is 0. The molecule has 1 aliphatic rings. The molecule has 0 atom stereocenters. The van der Waals surface area contributed by atoms with Gasteiger partial charge in [0.15, 0.2) is 0 Å². The van der Waals surface area contributed by atoms with E-state index in [9.17, 15) is 4.79 Å². The first kappa shape index (κ1) is 15.8. The summed E-state index contributed by atoms with van der Waals surface area (Å²) in [5.74, 6) is 0.617. The van der Waals surface area contributed by atoms with Crippen LogP contribution in [0.15, 0.2) is 30.3 Å². The summed E-state index contributed by atoms with van der Waals surface area (Å²) in [4.78, 5) is 16.5. The molecule has 0 radical (unpaired) electrons. The first-order chi connectivity index (χ1) is 10.3. The number of benzene rings is 1. The van der Waals surface area contributed by atoms with Crippen molar-refractivity contribution >= 4 is 6.09 Å². The molecule has 116 valence electrons. The second-order valence-corrected chi connectivity index (χ2v) is 5.57. The maximum atomic E-state index is 12.2. The predicted molar refractivity (Wildman–Crippen MR) is 84.6 cm³/mol. The highest BCUT2D eigenvalue weighted by molar-refractivity contribution is 5.70. The van der Waals surface area contributed by atoms with Crippen molar-refractivity contribution in [3.05, 3.63) is 30.3 Å². The molecular weight excluding hydrogens is 264 g/mol. The second-order valence-electron chi connectivity index (χ2n) is 5.57. The molecule has 0 N–H and O–H groups in total. The summed E-state index contributed by atoms with van der Waals surface area (Å²) < 4.78 is 5.41. The van der Waals surface area contributed by atoms with Gasteiger partial charge >= 0.3 is 6.09 Å². The molecule has 1 aromatic carbocycles. The number of hydrogen-bond acceptors (Lipinski definition) is 3. The Morgan fingerprint density at radius 2 is 1.90 bits per heavy atom. The van der Waals surface area contributed by atoms with Gasteiger partial charge in [0.1, 0.15) is 5.75 Å². The zero-order chi connectivity index (χ0) is 14.9. The minimum atomic E-state index is -0.225. The van der Waals surface area contributed by atoms with Crippen molar-refractivity contribution in [2.45, 2.75) is 32.6 Å². The van der Waals surface area contributed by atoms with Gasteiger partial charge in [-0.05, 0) is 38.1 Å². The Morgan fingerprint density at radius 3 is 2.67 bits per heavy atom. The van der Waals surface area contributed by atoms with Gasteiger partial charge in [-0.25, -0.2) is 4.79 Å². The molecule has 0 bridgehead atoms. The molecule has 4 nitrogen and oxygen atoms in total. The largest absolute Gasteiger partial charge is 0.415 e. The van der Waals surface area contributed by atoms with E-state index in [4.69, 9.17) is 4.74 Å². The van der Waals surface area contributed by atoms with E-state index in [2.05, 4.69) is 11.8 Å². The topological polar surface area (TPSA) is 32.8 Å². The second kappa shape index (κ2) is 8.67. The minimum Gasteiger partial charge on any atom is -0.410 e. The molecule has 1 heterocycles. The molecule has 4 heteroatoms. The van der Waals surface area contributed by atoms with E-state index < -0.39 is 0 Å². The third-order valence-electron chi connectivity index (χ3n) is 3.87. The zero-order valence-corrected chi connectivity index (χ0v) is 13.0. The van der Waals surface area contributed by atoms with Crippen molar-refractivity contribution in [3.8, 4) is 5.75 Å². The summed E-state index contributed by atoms with van der Waals surface area (Å²) in [6, 6.07) is 9.29. The van der Waals surface area contributed by atoms with E-state index in [1.165, 1.54) is 19.3 Å². The normalized spacial score (nSPS) is 16.5. The smallest absolute Gasteiger partial charge is 0.410 e. The van der Waals surface area contributed by atoms with Crippen molar-refractivity contribution in [1.29, 1.82) is 0 Å². The van der Waals surface area contributed by atoms with Crippen molar-refractivity contribution in [2.75, 3.05) is 32.7 Å². The number of nitrogens with zero attached hydrogens (tertiary/aromatic N) is 2. The Labute approximate surface area is 127 Å². The van der Waals surface area contributed by atoms with Crippen molar-refractivity contribution in [3.63, 3.8) is 0 Å². The maximum Gasteiger partial charge on any atom is 0.415 e. The van der Waals surface area contributed by atoms with Gasteiger partial charge < -0.3 is 14.5 Å². The first-order valence-corrected chi connectivity index (χ1v) is 8.03. The molecule has 0 saturated carbocycles. The fourth-order valence-electron chi connectivity index (χ4n) is 2.62. The monoisotopic (exact) mass is 290 g/mol. The van der Waals surface area contributed by atoms with E-state index in [-0.39, 0.29) is 6.09 Å². The number of amides is 1. The highest BCUT2D eigenvalue weighted by Crippen LogP contribution is 2.12. The minimum absolute atomic E-state index is 0.225. The number of carbonyl (C=O) groups excluding carboxylic acids is 1. The van der Waals surface area contributed by atoms with E-state index in [1.54, 1.807) is 0 Å². The van der Waals surface area contributed by atoms with Crippen LogP contribution < -0.4 is 4.74 Å². The van der Waals surface area contributed by atoms with Crippen LogP contribution in [0.3, 0.4) is 0 Å². The predicted octanol–water partition coefficient (Wildman–Crippen LogP) is 3.38. The molecule has 2 rings (SSSR count). The van der Waals surface area contributed by atoms with Gasteiger partial charge in [0, 0.05) is 19.6 Å². The molecule has 1 amide bonds. The Balaban J connectivity index is 1.78. The summed E-state index contributed by atoms with van der Waals surface area (Å²) in [7, 11) is 0. The Kier molecular flexibility index (Phi) is 6.54. The molecule has 1 aliphatic heterocycles. The third-order valence-corrected chi connectivity index (χ3v) is 3.87. The van der Waals surface area contributed by atoms with Gasteiger partial charge in [-0.1, -0.05) is 38.0 Å². The summed E-state index contributed by atoms with van der Waals surface area (Å²) in [5, 5.41) is 0. The van der Waals surface area contributed by atoms with Crippen LogP contribution in [-0.4, -0.2) is 48.6 Å². The van der Waals surface area contributed by atoms with Gasteiger partial charge in [0.2, 0.25) is 0 Å². The van der Waals surface area contributed by atoms with Crippen molar-refractivity contribution < 1.29 is 9.53 Å². The maximum absolute atomic E-state index is 12.2. The highest BCUT2D eigenvalue weighted by Gasteiger charge is 2.20. The molecule has 0 unspecified atom stereocenters. The molecule has 1 aromatic rings. The van der Waals surface area contributed by atoms with Crippen LogP contribution in [0.2, 0.25) is 0 Å². The van der Waals surface area contributed by atoms with E-state index in [1.807, 2.05) is 35.2 Å². The van der Waals surface area contributed by atoms with E-state index in [0.717, 1.165) is 39.1 Å². The number of hydrogen-bond donors (Lipinski definition) is 0. The van der Waals surface area contributed by atoms with Gasteiger partial charge in [0.25, 0.3) is 0 Å². The lowest BCUT2D eigenvalue weighted by atomic mass is 10.2. The SMILES string of the molecule is CCCCCN1CCCN(C(=O)Oc2ccccc2)CC1. The number of para-hydroxylation sites is 1. The number of ether oxygens (including phenoxy) is 1. The van der Waals surface area contributed by atoms with E-state index in [0.29, 0.717) is 5.75 Å². The average molecular weight is 290 g/mol. The summed E-state index contributed by atoms with van der Waals surface area (Å²) in [6.45, 7) is 6.96. The molecule has 0 spiro atoms. The Morgan fingerprint density at radius 1 is 1.10 bits per heavy atom. The van der Waals surface area contributed by atoms with Gasteiger partial charge in [-0.2, -0.15) is 0 Å². The Hall–Kier alpha value is -1.55. The highest BCUT2D eigenvalue weighted by atomic mass is 16.6. The molecular formula is C17H26N2O2. The lowest BCUT2D eigenvalue weighted by molar-refractivity contribution is 0.153. The van der Waals surface area contributed by atoms with Crippen LogP contribution in [0, 0.1) is 0 Å². The average Bonchev–Trinajstić information content (AvgIpc) is 2.74. The lowest BCUT2D eigenvalue weighted by Gasteiger charge is -2.21. The molecule has 0 aliphatic carbocycles. The van der Waals surface area contributed by atoms with E-state index >= 15 is 0 Å². The quantitative estimate of drug-likeness (QED) is 0.779. The standard InChI is InChI=1S/C17H26N2O2/c1-2-3-7-11-18-12-8-13-19(15-14-18)17(20)21-16-9-5-4-6-10-16/h4-6,9-10H,2-3,7-8,11-15H2,1H3. The van der Waals surface area contributed by atoms with Gasteiger partial charge in [-0.15, -0.1) is 0 Å². The fourth-order valence-corrected chi connectivity index (χ4v) is 2.62. The number of carbonyl (C=O) groups is 1. The fraction of sp³-hybridized carbons (Fsp3) is 0.588.